The largest absolute Gasteiger partial charge is 0.497 e. The summed E-state index contributed by atoms with van der Waals surface area (Å²) in [5.41, 5.74) is 0.655. The van der Waals surface area contributed by atoms with Crippen LogP contribution in [-0.2, 0) is 0 Å². The number of carbonyl (C=O) groups excluding carboxylic acids is 1. The van der Waals surface area contributed by atoms with Crippen LogP contribution in [0.25, 0.3) is 21.1 Å². The van der Waals surface area contributed by atoms with Gasteiger partial charge in [-0.3, -0.25) is 4.79 Å². The van der Waals surface area contributed by atoms with Crippen LogP contribution in [0.4, 0.5) is 5.69 Å². The molecule has 2 aromatic carbocycles. The van der Waals surface area contributed by atoms with Crippen molar-refractivity contribution in [3.8, 4) is 11.5 Å². The van der Waals surface area contributed by atoms with Crippen LogP contribution < -0.4 is 20.0 Å². The number of methoxy groups -OCH3 is 2. The van der Waals surface area contributed by atoms with E-state index in [1.165, 1.54) is 23.3 Å². The lowest BCUT2D eigenvalue weighted by Gasteiger charge is -2.19. The van der Waals surface area contributed by atoms with Gasteiger partial charge >= 0.3 is 5.63 Å². The van der Waals surface area contributed by atoms with E-state index in [2.05, 4.69) is 0 Å². The third-order valence-electron chi connectivity index (χ3n) is 4.55. The summed E-state index contributed by atoms with van der Waals surface area (Å²) in [7, 11) is 4.77. The van der Waals surface area contributed by atoms with Gasteiger partial charge in [-0.2, -0.15) is 0 Å². The van der Waals surface area contributed by atoms with Crippen LogP contribution in [0.1, 0.15) is 9.67 Å². The second-order valence-corrected chi connectivity index (χ2v) is 7.19. The van der Waals surface area contributed by atoms with E-state index < -0.39 is 5.63 Å². The average Bonchev–Trinajstić information content (AvgIpc) is 3.18. The lowest BCUT2D eigenvalue weighted by Crippen LogP contribution is -2.25. The second-order valence-electron chi connectivity index (χ2n) is 6.14. The van der Waals surface area contributed by atoms with Crippen molar-refractivity contribution in [2.75, 3.05) is 26.2 Å². The molecule has 0 fully saturated rings. The zero-order valence-corrected chi connectivity index (χ0v) is 16.3. The molecule has 0 saturated heterocycles. The topological polar surface area (TPSA) is 69.0 Å². The van der Waals surface area contributed by atoms with Gasteiger partial charge in [-0.05, 0) is 30.3 Å². The number of amides is 1. The van der Waals surface area contributed by atoms with Crippen molar-refractivity contribution in [2.45, 2.75) is 0 Å². The molecule has 6 nitrogen and oxygen atoms in total. The molecule has 0 radical (unpaired) electrons. The van der Waals surface area contributed by atoms with Crippen molar-refractivity contribution >= 4 is 44.0 Å². The molecule has 28 heavy (non-hydrogen) atoms. The van der Waals surface area contributed by atoms with E-state index in [-0.39, 0.29) is 5.91 Å². The molecule has 0 atom stereocenters. The molecule has 0 aliphatic heterocycles. The third-order valence-corrected chi connectivity index (χ3v) is 5.71. The highest BCUT2D eigenvalue weighted by atomic mass is 32.1. The first-order valence-corrected chi connectivity index (χ1v) is 9.30. The van der Waals surface area contributed by atoms with Crippen LogP contribution in [0.2, 0.25) is 0 Å². The molecule has 1 amide bonds. The van der Waals surface area contributed by atoms with Crippen molar-refractivity contribution < 1.29 is 18.7 Å². The highest BCUT2D eigenvalue weighted by molar-refractivity contribution is 7.21. The van der Waals surface area contributed by atoms with Gasteiger partial charge < -0.3 is 18.8 Å². The second kappa shape index (κ2) is 7.01. The summed E-state index contributed by atoms with van der Waals surface area (Å²) < 4.78 is 16.7. The lowest BCUT2D eigenvalue weighted by molar-refractivity contribution is 0.0996. The number of hydrogen-bond acceptors (Lipinski definition) is 6. The Balaban J connectivity index is 1.80. The van der Waals surface area contributed by atoms with Gasteiger partial charge in [0.05, 0.1) is 34.9 Å². The predicted octanol–water partition coefficient (Wildman–Crippen LogP) is 4.30. The standard InChI is InChI=1S/C21H17NO5S/c1-22(15-9-8-12(25-2)10-17(15)26-3)20(23)18-11-14-19(28-18)13-6-4-5-7-16(13)27-21(14)24/h4-11H,1-3H3. The van der Waals surface area contributed by atoms with E-state index in [4.69, 9.17) is 13.9 Å². The molecule has 0 aliphatic carbocycles. The van der Waals surface area contributed by atoms with Gasteiger partial charge in [-0.15, -0.1) is 11.3 Å². The van der Waals surface area contributed by atoms with Crippen LogP contribution >= 0.6 is 11.3 Å². The van der Waals surface area contributed by atoms with Crippen LogP contribution in [0.5, 0.6) is 11.5 Å². The molecule has 2 aromatic heterocycles. The Morgan fingerprint density at radius 1 is 1.04 bits per heavy atom. The first kappa shape index (κ1) is 18.1. The molecule has 142 valence electrons. The van der Waals surface area contributed by atoms with Gasteiger partial charge in [0.1, 0.15) is 17.1 Å². The molecule has 0 bridgehead atoms. The van der Waals surface area contributed by atoms with Gasteiger partial charge in [0.25, 0.3) is 5.91 Å². The van der Waals surface area contributed by atoms with Crippen molar-refractivity contribution in [1.29, 1.82) is 0 Å². The Bertz CT molecular complexity index is 1260. The Hall–Kier alpha value is -3.32. The third kappa shape index (κ3) is 2.90. The Labute approximate surface area is 164 Å². The van der Waals surface area contributed by atoms with E-state index in [0.717, 1.165) is 10.1 Å². The van der Waals surface area contributed by atoms with Crippen LogP contribution in [0.3, 0.4) is 0 Å². The number of rotatable bonds is 4. The molecule has 7 heteroatoms. The smallest absolute Gasteiger partial charge is 0.345 e. The summed E-state index contributed by atoms with van der Waals surface area (Å²) >= 11 is 1.28. The predicted molar refractivity (Wildman–Crippen MR) is 110 cm³/mol. The van der Waals surface area contributed by atoms with Crippen LogP contribution in [-0.4, -0.2) is 27.2 Å². The minimum absolute atomic E-state index is 0.242. The summed E-state index contributed by atoms with van der Waals surface area (Å²) in [6.07, 6.45) is 0. The molecule has 4 rings (SSSR count). The molecule has 0 N–H and O–H groups in total. The minimum atomic E-state index is -0.450. The summed E-state index contributed by atoms with van der Waals surface area (Å²) in [5, 5.41) is 1.22. The summed E-state index contributed by atoms with van der Waals surface area (Å²) in [6.45, 7) is 0. The van der Waals surface area contributed by atoms with E-state index in [9.17, 15) is 9.59 Å². The van der Waals surface area contributed by atoms with Crippen molar-refractivity contribution in [1.82, 2.24) is 0 Å². The Morgan fingerprint density at radius 3 is 2.57 bits per heavy atom. The molecule has 0 aliphatic rings. The Kier molecular flexibility index (Phi) is 4.52. The van der Waals surface area contributed by atoms with Gasteiger partial charge in [0, 0.05) is 18.5 Å². The Morgan fingerprint density at radius 2 is 1.82 bits per heavy atom. The fourth-order valence-electron chi connectivity index (χ4n) is 3.08. The molecule has 2 heterocycles. The van der Waals surface area contributed by atoms with Gasteiger partial charge in [0.2, 0.25) is 0 Å². The number of anilines is 1. The lowest BCUT2D eigenvalue weighted by atomic mass is 10.2. The number of thiophene rings is 1. The van der Waals surface area contributed by atoms with E-state index in [1.54, 1.807) is 50.6 Å². The molecular weight excluding hydrogens is 378 g/mol. The molecule has 4 aromatic rings. The quantitative estimate of drug-likeness (QED) is 0.482. The van der Waals surface area contributed by atoms with Gasteiger partial charge in [0.15, 0.2) is 0 Å². The maximum Gasteiger partial charge on any atom is 0.345 e. The number of fused-ring (bicyclic) bond motifs is 3. The van der Waals surface area contributed by atoms with Crippen molar-refractivity contribution in [2.24, 2.45) is 0 Å². The van der Waals surface area contributed by atoms with E-state index in [1.807, 2.05) is 12.1 Å². The maximum absolute atomic E-state index is 13.1. The SMILES string of the molecule is COc1ccc(N(C)C(=O)c2cc3c(=O)oc4ccccc4c3s2)c(OC)c1. The van der Waals surface area contributed by atoms with Crippen molar-refractivity contribution in [3.63, 3.8) is 0 Å². The number of benzene rings is 2. The fraction of sp³-hybridized carbons (Fsp3) is 0.143. The molecule has 0 unspecified atom stereocenters. The van der Waals surface area contributed by atoms with Crippen LogP contribution in [0, 0.1) is 0 Å². The summed E-state index contributed by atoms with van der Waals surface area (Å²) in [6, 6.07) is 14.1. The molecule has 0 saturated carbocycles. The number of para-hydroxylation sites is 1. The normalized spacial score (nSPS) is 11.0. The number of hydrogen-bond donors (Lipinski definition) is 0. The van der Waals surface area contributed by atoms with Gasteiger partial charge in [-0.25, -0.2) is 4.79 Å². The minimum Gasteiger partial charge on any atom is -0.497 e. The maximum atomic E-state index is 13.1. The summed E-state index contributed by atoms with van der Waals surface area (Å²) in [5.74, 6) is 0.904. The van der Waals surface area contributed by atoms with E-state index >= 15 is 0 Å². The fourth-order valence-corrected chi connectivity index (χ4v) is 4.23. The average molecular weight is 395 g/mol. The monoisotopic (exact) mass is 395 g/mol. The highest BCUT2D eigenvalue weighted by Gasteiger charge is 2.21. The summed E-state index contributed by atoms with van der Waals surface area (Å²) in [4.78, 5) is 27.4. The van der Waals surface area contributed by atoms with Crippen LogP contribution in [0.15, 0.2) is 57.7 Å². The molecular formula is C21H17NO5S. The van der Waals surface area contributed by atoms with Crippen molar-refractivity contribution in [3.05, 3.63) is 63.8 Å². The number of nitrogens with zero attached hydrogens (tertiary/aromatic N) is 1. The highest BCUT2D eigenvalue weighted by Crippen LogP contribution is 2.35. The van der Waals surface area contributed by atoms with E-state index in [0.29, 0.717) is 33.0 Å². The molecule has 0 spiro atoms. The number of ether oxygens (including phenoxy) is 2. The number of carbonyl (C=O) groups is 1. The van der Waals surface area contributed by atoms with Gasteiger partial charge in [-0.1, -0.05) is 12.1 Å². The first-order chi connectivity index (χ1) is 13.5. The zero-order chi connectivity index (χ0) is 19.8. The first-order valence-electron chi connectivity index (χ1n) is 8.49. The zero-order valence-electron chi connectivity index (χ0n) is 15.5.